The zero-order valence-electron chi connectivity index (χ0n) is 15.1. The van der Waals surface area contributed by atoms with Crippen LogP contribution in [0, 0.1) is 0 Å². The maximum Gasteiger partial charge on any atom is 0.275 e. The highest BCUT2D eigenvalue weighted by Crippen LogP contribution is 2.26. The van der Waals surface area contributed by atoms with E-state index in [1.807, 2.05) is 12.1 Å². The maximum absolute atomic E-state index is 13.3. The number of halogens is 1. The molecule has 1 unspecified atom stereocenters. The van der Waals surface area contributed by atoms with E-state index in [0.717, 1.165) is 11.8 Å². The first kappa shape index (κ1) is 20.2. The number of carbonyl (C=O) groups is 1. The molecule has 1 atom stereocenters. The summed E-state index contributed by atoms with van der Waals surface area (Å²) in [6, 6.07) is 8.74. The first-order chi connectivity index (χ1) is 13.0. The van der Waals surface area contributed by atoms with Crippen LogP contribution in [0.3, 0.4) is 0 Å². The van der Waals surface area contributed by atoms with Crippen LogP contribution in [0.5, 0.6) is 0 Å². The van der Waals surface area contributed by atoms with E-state index in [-0.39, 0.29) is 35.2 Å². The topological polar surface area (TPSA) is 96.7 Å². The molecule has 0 aromatic carbocycles. The molecule has 8 nitrogen and oxygen atoms in total. The van der Waals surface area contributed by atoms with Gasteiger partial charge in [-0.3, -0.25) is 14.2 Å². The molecule has 148 valence electrons. The van der Waals surface area contributed by atoms with Gasteiger partial charge in [0.15, 0.2) is 5.69 Å². The van der Waals surface area contributed by atoms with Gasteiger partial charge in [0.1, 0.15) is 0 Å². The Morgan fingerprint density at radius 2 is 2.07 bits per heavy atom. The second kappa shape index (κ2) is 7.86. The maximum atomic E-state index is 13.3. The number of imidazole rings is 1. The molecular formula is C18H20ClN5O3S. The number of nitrogens with one attached hydrogen (secondary N) is 1. The highest BCUT2D eigenvalue weighted by molar-refractivity contribution is 7.90. The predicted octanol–water partition coefficient (Wildman–Crippen LogP) is 1.34. The van der Waals surface area contributed by atoms with Crippen LogP contribution in [0.15, 0.2) is 54.1 Å². The van der Waals surface area contributed by atoms with Crippen LogP contribution in [0.25, 0.3) is 5.52 Å². The van der Waals surface area contributed by atoms with Crippen molar-refractivity contribution in [2.45, 2.75) is 11.2 Å². The van der Waals surface area contributed by atoms with Gasteiger partial charge in [0.2, 0.25) is 15.0 Å². The van der Waals surface area contributed by atoms with E-state index in [1.54, 1.807) is 41.7 Å². The fraction of sp³-hybridized carbons (Fsp3) is 0.278. The highest BCUT2D eigenvalue weighted by Gasteiger charge is 2.32. The Bertz CT molecular complexity index is 1100. The zero-order chi connectivity index (χ0) is 19.0. The van der Waals surface area contributed by atoms with Crippen LogP contribution in [-0.2, 0) is 9.84 Å². The Morgan fingerprint density at radius 1 is 1.25 bits per heavy atom. The third-order valence-corrected chi connectivity index (χ3v) is 5.57. The van der Waals surface area contributed by atoms with Crippen LogP contribution >= 0.6 is 12.4 Å². The van der Waals surface area contributed by atoms with Crippen molar-refractivity contribution in [1.29, 1.82) is 0 Å². The molecule has 0 radical (unpaired) electrons. The molecule has 3 aromatic heterocycles. The Kier molecular flexibility index (Phi) is 5.69. The first-order valence-corrected chi connectivity index (χ1v) is 10.4. The van der Waals surface area contributed by atoms with Gasteiger partial charge in [-0.15, -0.1) is 12.4 Å². The predicted molar refractivity (Wildman–Crippen MR) is 106 cm³/mol. The minimum atomic E-state index is -3.58. The Morgan fingerprint density at radius 3 is 2.79 bits per heavy atom. The van der Waals surface area contributed by atoms with Crippen LogP contribution < -0.4 is 5.32 Å². The summed E-state index contributed by atoms with van der Waals surface area (Å²) in [5.41, 5.74) is 1.54. The molecule has 0 bridgehead atoms. The highest BCUT2D eigenvalue weighted by atomic mass is 35.5. The Hall–Kier alpha value is -2.49. The summed E-state index contributed by atoms with van der Waals surface area (Å²) in [5.74, 6) is -0.288. The van der Waals surface area contributed by atoms with Crippen molar-refractivity contribution < 1.29 is 13.2 Å². The molecule has 1 saturated heterocycles. The summed E-state index contributed by atoms with van der Waals surface area (Å²) in [6.07, 6.45) is 6.12. The lowest BCUT2D eigenvalue weighted by Gasteiger charge is -2.36. The number of rotatable bonds is 3. The van der Waals surface area contributed by atoms with Gasteiger partial charge in [0, 0.05) is 44.5 Å². The van der Waals surface area contributed by atoms with Crippen LogP contribution in [0.1, 0.15) is 22.1 Å². The van der Waals surface area contributed by atoms with E-state index in [9.17, 15) is 13.2 Å². The van der Waals surface area contributed by atoms with E-state index < -0.39 is 9.84 Å². The fourth-order valence-corrected chi connectivity index (χ4v) is 4.16. The molecule has 10 heteroatoms. The third-order valence-electron chi connectivity index (χ3n) is 4.62. The van der Waals surface area contributed by atoms with Gasteiger partial charge >= 0.3 is 0 Å². The molecule has 1 fully saturated rings. The van der Waals surface area contributed by atoms with Gasteiger partial charge in [-0.1, -0.05) is 12.1 Å². The summed E-state index contributed by atoms with van der Waals surface area (Å²) >= 11 is 0. The van der Waals surface area contributed by atoms with Gasteiger partial charge in [-0.05, 0) is 23.8 Å². The zero-order valence-corrected chi connectivity index (χ0v) is 16.8. The quantitative estimate of drug-likeness (QED) is 0.685. The number of aromatic nitrogens is 3. The summed E-state index contributed by atoms with van der Waals surface area (Å²) in [5, 5.41) is 3.16. The van der Waals surface area contributed by atoms with Gasteiger partial charge in [-0.2, -0.15) is 0 Å². The van der Waals surface area contributed by atoms with Crippen LogP contribution in [0.2, 0.25) is 0 Å². The smallest absolute Gasteiger partial charge is 0.275 e. The molecule has 28 heavy (non-hydrogen) atoms. The Balaban J connectivity index is 0.00000225. The summed E-state index contributed by atoms with van der Waals surface area (Å²) in [7, 11) is -3.58. The van der Waals surface area contributed by atoms with Gasteiger partial charge in [0.25, 0.3) is 5.91 Å². The number of nitrogens with zero attached hydrogens (tertiary/aromatic N) is 4. The number of sulfone groups is 1. The van der Waals surface area contributed by atoms with Gasteiger partial charge in [0.05, 0.1) is 11.6 Å². The average Bonchev–Trinajstić information content (AvgIpc) is 3.08. The van der Waals surface area contributed by atoms with E-state index in [1.165, 1.54) is 4.40 Å². The van der Waals surface area contributed by atoms with Gasteiger partial charge in [-0.25, -0.2) is 13.4 Å². The first-order valence-electron chi connectivity index (χ1n) is 8.55. The van der Waals surface area contributed by atoms with Gasteiger partial charge < -0.3 is 10.2 Å². The van der Waals surface area contributed by atoms with Crippen molar-refractivity contribution in [3.05, 3.63) is 60.2 Å². The number of fused-ring (bicyclic) bond motifs is 1. The number of pyridine rings is 2. The van der Waals surface area contributed by atoms with Crippen molar-refractivity contribution in [1.82, 2.24) is 24.6 Å². The number of amides is 1. The Labute approximate surface area is 168 Å². The standard InChI is InChI=1S/C18H19N5O3S.ClH/c1-27(25,26)18-21-16(14-6-2-3-9-23(14)18)17(24)22-10-8-20-12-15(22)13-5-4-7-19-11-13;/h2-7,9,11,15,20H,8,10,12H2,1H3;1H. The molecule has 1 N–H and O–H groups in total. The monoisotopic (exact) mass is 421 g/mol. The summed E-state index contributed by atoms with van der Waals surface area (Å²) in [6.45, 7) is 1.76. The molecule has 3 aromatic rings. The molecule has 1 aliphatic heterocycles. The molecule has 4 rings (SSSR count). The average molecular weight is 422 g/mol. The fourth-order valence-electron chi connectivity index (χ4n) is 3.38. The second-order valence-corrected chi connectivity index (χ2v) is 8.39. The summed E-state index contributed by atoms with van der Waals surface area (Å²) in [4.78, 5) is 23.4. The van der Waals surface area contributed by atoms with Crippen molar-refractivity contribution >= 4 is 33.7 Å². The van der Waals surface area contributed by atoms with Crippen molar-refractivity contribution in [3.8, 4) is 0 Å². The normalized spacial score (nSPS) is 17.3. The van der Waals surface area contributed by atoms with Crippen molar-refractivity contribution in [3.63, 3.8) is 0 Å². The number of hydrogen-bond acceptors (Lipinski definition) is 6. The van der Waals surface area contributed by atoms with Crippen LogP contribution in [0.4, 0.5) is 0 Å². The molecule has 0 spiro atoms. The number of piperazine rings is 1. The lowest BCUT2D eigenvalue weighted by molar-refractivity contribution is 0.0630. The molecule has 1 amide bonds. The van der Waals surface area contributed by atoms with E-state index in [2.05, 4.69) is 15.3 Å². The third kappa shape index (κ3) is 3.60. The van der Waals surface area contributed by atoms with E-state index in [4.69, 9.17) is 0 Å². The van der Waals surface area contributed by atoms with Crippen molar-refractivity contribution in [2.24, 2.45) is 0 Å². The minimum absolute atomic E-state index is 0. The van der Waals surface area contributed by atoms with E-state index in [0.29, 0.717) is 25.2 Å². The number of hydrogen-bond donors (Lipinski definition) is 1. The van der Waals surface area contributed by atoms with E-state index >= 15 is 0 Å². The number of carbonyl (C=O) groups excluding carboxylic acids is 1. The largest absolute Gasteiger partial charge is 0.328 e. The van der Waals surface area contributed by atoms with Crippen LogP contribution in [-0.4, -0.2) is 59.5 Å². The SMILES string of the molecule is CS(=O)(=O)c1nc(C(=O)N2CCNCC2c2cccnc2)c2ccccn12.Cl. The summed E-state index contributed by atoms with van der Waals surface area (Å²) < 4.78 is 25.7. The molecule has 4 heterocycles. The lowest BCUT2D eigenvalue weighted by Crippen LogP contribution is -2.48. The van der Waals surface area contributed by atoms with Crippen molar-refractivity contribution in [2.75, 3.05) is 25.9 Å². The second-order valence-electron chi connectivity index (χ2n) is 6.48. The minimum Gasteiger partial charge on any atom is -0.328 e. The molecule has 0 aliphatic carbocycles. The molecule has 1 aliphatic rings. The molecular weight excluding hydrogens is 402 g/mol. The lowest BCUT2D eigenvalue weighted by atomic mass is 10.0. The molecule has 0 saturated carbocycles.